The number of hydrogen-bond donors (Lipinski definition) is 2. The molecule has 0 unspecified atom stereocenters. The third-order valence-corrected chi connectivity index (χ3v) is 4.61. The highest BCUT2D eigenvalue weighted by Crippen LogP contribution is 2.26. The van der Waals surface area contributed by atoms with E-state index in [0.717, 1.165) is 45.2 Å². The van der Waals surface area contributed by atoms with Crippen LogP contribution in [0.1, 0.15) is 36.8 Å². The lowest BCUT2D eigenvalue weighted by Gasteiger charge is -2.24. The van der Waals surface area contributed by atoms with E-state index in [1.54, 1.807) is 0 Å². The third kappa shape index (κ3) is 3.21. The first-order chi connectivity index (χ1) is 9.83. The Bertz CT molecular complexity index is 443. The Morgan fingerprint density at radius 1 is 1.10 bits per heavy atom. The van der Waals surface area contributed by atoms with Crippen molar-refractivity contribution >= 4 is 5.91 Å². The first kappa shape index (κ1) is 13.6. The van der Waals surface area contributed by atoms with Gasteiger partial charge in [0.05, 0.1) is 0 Å². The van der Waals surface area contributed by atoms with E-state index in [1.165, 1.54) is 17.5 Å². The molecule has 1 aromatic carbocycles. The summed E-state index contributed by atoms with van der Waals surface area (Å²) in [5.74, 6) is 0.580. The molecule has 1 fully saturated rings. The second-order valence-electron chi connectivity index (χ2n) is 6.10. The van der Waals surface area contributed by atoms with Gasteiger partial charge in [-0.25, -0.2) is 0 Å². The van der Waals surface area contributed by atoms with Gasteiger partial charge >= 0.3 is 0 Å². The Kier molecular flexibility index (Phi) is 4.36. The van der Waals surface area contributed by atoms with Crippen LogP contribution in [0.3, 0.4) is 0 Å². The van der Waals surface area contributed by atoms with Crippen LogP contribution in [0.4, 0.5) is 0 Å². The van der Waals surface area contributed by atoms with Crippen LogP contribution in [-0.4, -0.2) is 25.0 Å². The molecule has 3 nitrogen and oxygen atoms in total. The number of rotatable bonds is 6. The summed E-state index contributed by atoms with van der Waals surface area (Å²) in [5.41, 5.74) is 2.98. The fourth-order valence-corrected chi connectivity index (χ4v) is 3.12. The minimum atomic E-state index is 0.268. The van der Waals surface area contributed by atoms with Crippen molar-refractivity contribution in [2.45, 2.75) is 44.6 Å². The maximum atomic E-state index is 11.7. The summed E-state index contributed by atoms with van der Waals surface area (Å²) in [6.07, 6.45) is 6.71. The van der Waals surface area contributed by atoms with Crippen LogP contribution in [0, 0.1) is 5.92 Å². The van der Waals surface area contributed by atoms with Gasteiger partial charge in [0.2, 0.25) is 5.91 Å². The average Bonchev–Trinajstić information content (AvgIpc) is 2.78. The summed E-state index contributed by atoms with van der Waals surface area (Å²) in [6.45, 7) is 1.80. The molecule has 3 rings (SSSR count). The van der Waals surface area contributed by atoms with E-state index in [4.69, 9.17) is 0 Å². The normalized spacial score (nSPS) is 18.6. The lowest BCUT2D eigenvalue weighted by molar-refractivity contribution is -0.127. The molecule has 1 amide bonds. The maximum absolute atomic E-state index is 11.7. The van der Waals surface area contributed by atoms with Crippen LogP contribution in [-0.2, 0) is 17.6 Å². The molecule has 2 aliphatic carbocycles. The maximum Gasteiger partial charge on any atom is 0.223 e. The molecule has 1 aromatic rings. The summed E-state index contributed by atoms with van der Waals surface area (Å²) in [7, 11) is 0. The Morgan fingerprint density at radius 3 is 2.40 bits per heavy atom. The van der Waals surface area contributed by atoms with Gasteiger partial charge < -0.3 is 10.6 Å². The minimum absolute atomic E-state index is 0.268. The molecule has 3 heteroatoms. The van der Waals surface area contributed by atoms with Crippen LogP contribution in [0.15, 0.2) is 24.3 Å². The largest absolute Gasteiger partial charge is 0.356 e. The summed E-state index contributed by atoms with van der Waals surface area (Å²) in [5, 5.41) is 6.66. The lowest BCUT2D eigenvalue weighted by atomic mass is 9.85. The standard InChI is InChI=1S/C17H24N2O/c20-17(13-7-3-8-13)19-10-4-9-18-16-11-14-5-1-2-6-15(14)12-16/h1-2,5-6,13,16,18H,3-4,7-12H2,(H,19,20). The minimum Gasteiger partial charge on any atom is -0.356 e. The predicted octanol–water partition coefficient (Wildman–Crippen LogP) is 2.05. The van der Waals surface area contributed by atoms with Gasteiger partial charge in [-0.15, -0.1) is 0 Å². The van der Waals surface area contributed by atoms with Crippen LogP contribution in [0.5, 0.6) is 0 Å². The van der Waals surface area contributed by atoms with Gasteiger partial charge in [0, 0.05) is 18.5 Å². The van der Waals surface area contributed by atoms with Gasteiger partial charge in [0.1, 0.15) is 0 Å². The average molecular weight is 272 g/mol. The highest BCUT2D eigenvalue weighted by Gasteiger charge is 2.24. The second kappa shape index (κ2) is 6.40. The lowest BCUT2D eigenvalue weighted by Crippen LogP contribution is -2.37. The number of carbonyl (C=O) groups is 1. The molecule has 0 aromatic heterocycles. The first-order valence-corrected chi connectivity index (χ1v) is 7.91. The zero-order chi connectivity index (χ0) is 13.8. The van der Waals surface area contributed by atoms with Gasteiger partial charge in [0.15, 0.2) is 0 Å². The predicted molar refractivity (Wildman–Crippen MR) is 80.6 cm³/mol. The van der Waals surface area contributed by atoms with E-state index >= 15 is 0 Å². The van der Waals surface area contributed by atoms with E-state index < -0.39 is 0 Å². The van der Waals surface area contributed by atoms with Gasteiger partial charge in [-0.3, -0.25) is 4.79 Å². The zero-order valence-electron chi connectivity index (χ0n) is 12.0. The molecule has 0 radical (unpaired) electrons. The number of nitrogens with one attached hydrogen (secondary N) is 2. The van der Waals surface area contributed by atoms with E-state index in [2.05, 4.69) is 34.9 Å². The van der Waals surface area contributed by atoms with Crippen molar-refractivity contribution in [3.05, 3.63) is 35.4 Å². The van der Waals surface area contributed by atoms with Crippen molar-refractivity contribution in [2.24, 2.45) is 5.92 Å². The molecule has 0 saturated heterocycles. The molecule has 0 atom stereocenters. The molecule has 20 heavy (non-hydrogen) atoms. The van der Waals surface area contributed by atoms with E-state index in [1.807, 2.05) is 0 Å². The summed E-state index contributed by atoms with van der Waals surface area (Å²) in [6, 6.07) is 9.29. The molecule has 1 saturated carbocycles. The van der Waals surface area contributed by atoms with E-state index in [9.17, 15) is 4.79 Å². The fraction of sp³-hybridized carbons (Fsp3) is 0.588. The molecular weight excluding hydrogens is 248 g/mol. The highest BCUT2D eigenvalue weighted by atomic mass is 16.1. The quantitative estimate of drug-likeness (QED) is 0.778. The smallest absolute Gasteiger partial charge is 0.223 e. The molecule has 2 N–H and O–H groups in total. The Hall–Kier alpha value is -1.35. The number of benzene rings is 1. The van der Waals surface area contributed by atoms with E-state index in [0.29, 0.717) is 12.0 Å². The highest BCUT2D eigenvalue weighted by molar-refractivity contribution is 5.79. The molecule has 2 aliphatic rings. The topological polar surface area (TPSA) is 41.1 Å². The summed E-state index contributed by atoms with van der Waals surface area (Å²) >= 11 is 0. The number of carbonyl (C=O) groups excluding carboxylic acids is 1. The van der Waals surface area contributed by atoms with Crippen LogP contribution >= 0.6 is 0 Å². The third-order valence-electron chi connectivity index (χ3n) is 4.61. The Morgan fingerprint density at radius 2 is 1.80 bits per heavy atom. The molecule has 108 valence electrons. The van der Waals surface area contributed by atoms with Crippen LogP contribution in [0.2, 0.25) is 0 Å². The Labute approximate surface area is 121 Å². The SMILES string of the molecule is O=C(NCCCNC1Cc2ccccc2C1)C1CCC1. The molecule has 0 heterocycles. The van der Waals surface area contributed by atoms with E-state index in [-0.39, 0.29) is 5.91 Å². The fourth-order valence-electron chi connectivity index (χ4n) is 3.12. The van der Waals surface area contributed by atoms with Crippen LogP contribution in [0.25, 0.3) is 0 Å². The monoisotopic (exact) mass is 272 g/mol. The first-order valence-electron chi connectivity index (χ1n) is 7.91. The van der Waals surface area contributed by atoms with Crippen molar-refractivity contribution < 1.29 is 4.79 Å². The van der Waals surface area contributed by atoms with Crippen molar-refractivity contribution in [3.63, 3.8) is 0 Å². The van der Waals surface area contributed by atoms with Gasteiger partial charge in [0.25, 0.3) is 0 Å². The molecule has 0 bridgehead atoms. The van der Waals surface area contributed by atoms with Gasteiger partial charge in [-0.05, 0) is 49.8 Å². The number of hydrogen-bond acceptors (Lipinski definition) is 2. The summed E-state index contributed by atoms with van der Waals surface area (Å²) in [4.78, 5) is 11.7. The van der Waals surface area contributed by atoms with Crippen molar-refractivity contribution in [1.29, 1.82) is 0 Å². The second-order valence-corrected chi connectivity index (χ2v) is 6.10. The molecule has 0 spiro atoms. The zero-order valence-corrected chi connectivity index (χ0v) is 12.0. The van der Waals surface area contributed by atoms with Crippen molar-refractivity contribution in [1.82, 2.24) is 10.6 Å². The molecular formula is C17H24N2O. The Balaban J connectivity index is 1.29. The number of fused-ring (bicyclic) bond motifs is 1. The van der Waals surface area contributed by atoms with Crippen molar-refractivity contribution in [3.8, 4) is 0 Å². The number of amides is 1. The van der Waals surface area contributed by atoms with Gasteiger partial charge in [-0.2, -0.15) is 0 Å². The van der Waals surface area contributed by atoms with Crippen molar-refractivity contribution in [2.75, 3.05) is 13.1 Å². The summed E-state index contributed by atoms with van der Waals surface area (Å²) < 4.78 is 0. The molecule has 0 aliphatic heterocycles. The van der Waals surface area contributed by atoms with Crippen LogP contribution < -0.4 is 10.6 Å². The van der Waals surface area contributed by atoms with Gasteiger partial charge in [-0.1, -0.05) is 30.7 Å².